The topological polar surface area (TPSA) is 49.3 Å². The Hall–Kier alpha value is -2.21. The quantitative estimate of drug-likeness (QED) is 0.511. The van der Waals surface area contributed by atoms with Crippen LogP contribution >= 0.6 is 0 Å². The van der Waals surface area contributed by atoms with E-state index < -0.39 is 0 Å². The number of hydrogen-bond donors (Lipinski definition) is 0. The van der Waals surface area contributed by atoms with Crippen molar-refractivity contribution in [2.45, 2.75) is 39.2 Å². The molecule has 1 aliphatic rings. The summed E-state index contributed by atoms with van der Waals surface area (Å²) in [5, 5.41) is 0. The Labute approximate surface area is 160 Å². The third-order valence-corrected chi connectivity index (χ3v) is 4.38. The molecule has 0 N–H and O–H groups in total. The summed E-state index contributed by atoms with van der Waals surface area (Å²) in [6.45, 7) is 7.28. The Morgan fingerprint density at radius 1 is 1.07 bits per heavy atom. The van der Waals surface area contributed by atoms with Crippen molar-refractivity contribution in [2.24, 2.45) is 4.99 Å². The van der Waals surface area contributed by atoms with Crippen LogP contribution in [-0.4, -0.2) is 38.2 Å². The van der Waals surface area contributed by atoms with Gasteiger partial charge in [0.05, 0.1) is 12.1 Å². The van der Waals surface area contributed by atoms with Crippen LogP contribution in [0.3, 0.4) is 0 Å². The Morgan fingerprint density at radius 3 is 2.41 bits per heavy atom. The van der Waals surface area contributed by atoms with Crippen molar-refractivity contribution in [2.75, 3.05) is 20.5 Å². The maximum atomic E-state index is 5.84. The van der Waals surface area contributed by atoms with E-state index in [2.05, 4.69) is 50.2 Å². The van der Waals surface area contributed by atoms with E-state index in [1.54, 1.807) is 7.11 Å². The molecule has 2 aromatic rings. The molecule has 3 rings (SSSR count). The first kappa shape index (κ1) is 19.5. The summed E-state index contributed by atoms with van der Waals surface area (Å²) >= 11 is 0. The number of aliphatic imine (C=N–C) groups is 1. The predicted molar refractivity (Wildman–Crippen MR) is 106 cm³/mol. The third kappa shape index (κ3) is 5.16. The van der Waals surface area contributed by atoms with Gasteiger partial charge >= 0.3 is 0 Å². The van der Waals surface area contributed by atoms with Crippen LogP contribution in [0.1, 0.15) is 31.9 Å². The zero-order valence-electron chi connectivity index (χ0n) is 16.4. The number of rotatable bonds is 8. The lowest BCUT2D eigenvalue weighted by molar-refractivity contribution is -0.177. The molecule has 5 nitrogen and oxygen atoms in total. The molecule has 1 aliphatic heterocycles. The van der Waals surface area contributed by atoms with Crippen molar-refractivity contribution in [1.82, 2.24) is 0 Å². The van der Waals surface area contributed by atoms with E-state index in [9.17, 15) is 0 Å². The van der Waals surface area contributed by atoms with Crippen molar-refractivity contribution in [3.8, 4) is 11.1 Å². The number of ether oxygens (including phenoxy) is 4. The van der Waals surface area contributed by atoms with Gasteiger partial charge in [-0.15, -0.1) is 0 Å². The highest BCUT2D eigenvalue weighted by molar-refractivity contribution is 6.01. The zero-order valence-corrected chi connectivity index (χ0v) is 16.4. The Morgan fingerprint density at radius 2 is 1.78 bits per heavy atom. The molecule has 0 bridgehead atoms. The van der Waals surface area contributed by atoms with E-state index in [4.69, 9.17) is 23.9 Å². The van der Waals surface area contributed by atoms with Crippen LogP contribution < -0.4 is 0 Å². The van der Waals surface area contributed by atoms with Crippen LogP contribution in [-0.2, 0) is 25.6 Å². The van der Waals surface area contributed by atoms with Crippen molar-refractivity contribution >= 4 is 5.90 Å². The van der Waals surface area contributed by atoms with Gasteiger partial charge in [0.1, 0.15) is 13.4 Å². The summed E-state index contributed by atoms with van der Waals surface area (Å²) in [7, 11) is 1.60. The highest BCUT2D eigenvalue weighted by atomic mass is 16.7. The normalized spacial score (nSPS) is 16.7. The molecule has 1 unspecified atom stereocenters. The Bertz CT molecular complexity index is 783. The molecular formula is C22H27NO4. The number of nitrogens with zero attached hydrogens (tertiary/aromatic N) is 1. The molecule has 0 radical (unpaired) electrons. The van der Waals surface area contributed by atoms with Crippen LogP contribution in [0.5, 0.6) is 0 Å². The minimum absolute atomic E-state index is 0.175. The molecule has 0 saturated carbocycles. The predicted octanol–water partition coefficient (Wildman–Crippen LogP) is 4.39. The molecule has 1 atom stereocenters. The van der Waals surface area contributed by atoms with E-state index in [1.807, 2.05) is 19.1 Å². The molecule has 0 spiro atoms. The summed E-state index contributed by atoms with van der Waals surface area (Å²) in [6, 6.07) is 16.5. The van der Waals surface area contributed by atoms with Crippen molar-refractivity contribution < 1.29 is 18.9 Å². The number of benzene rings is 2. The molecule has 5 heteroatoms. The first-order valence-electron chi connectivity index (χ1n) is 9.12. The monoisotopic (exact) mass is 369 g/mol. The van der Waals surface area contributed by atoms with E-state index in [0.717, 1.165) is 22.3 Å². The van der Waals surface area contributed by atoms with Gasteiger partial charge in [-0.25, -0.2) is 4.99 Å². The minimum atomic E-state index is -0.269. The second-order valence-corrected chi connectivity index (χ2v) is 7.20. The lowest BCUT2D eigenvalue weighted by Gasteiger charge is -2.12. The minimum Gasteiger partial charge on any atom is -0.475 e. The number of methoxy groups -OCH3 is 1. The average Bonchev–Trinajstić information content (AvgIpc) is 3.05. The van der Waals surface area contributed by atoms with Gasteiger partial charge in [0.25, 0.3) is 0 Å². The van der Waals surface area contributed by atoms with E-state index in [1.165, 1.54) is 0 Å². The lowest BCUT2D eigenvalue weighted by Crippen LogP contribution is -2.17. The summed E-state index contributed by atoms with van der Waals surface area (Å²) in [5.74, 6) is 0.715. The highest BCUT2D eigenvalue weighted by Crippen LogP contribution is 2.28. The summed E-state index contributed by atoms with van der Waals surface area (Å²) in [5.41, 5.74) is 4.16. The van der Waals surface area contributed by atoms with Gasteiger partial charge in [0, 0.05) is 12.7 Å². The maximum Gasteiger partial charge on any atom is 0.217 e. The fourth-order valence-corrected chi connectivity index (χ4v) is 2.80. The van der Waals surface area contributed by atoms with Crippen molar-refractivity contribution in [3.63, 3.8) is 0 Å². The second kappa shape index (κ2) is 8.65. The molecule has 0 amide bonds. The van der Waals surface area contributed by atoms with Crippen LogP contribution in [0.15, 0.2) is 53.5 Å². The first-order chi connectivity index (χ1) is 13.0. The third-order valence-electron chi connectivity index (χ3n) is 4.38. The molecule has 0 aromatic heterocycles. The first-order valence-corrected chi connectivity index (χ1v) is 9.12. The largest absolute Gasteiger partial charge is 0.475 e. The SMILES string of the molecule is COC(C)OCOCc1ccc(-c2ccccc2C2=NC(C)(C)CO2)cc1. The van der Waals surface area contributed by atoms with Gasteiger partial charge in [-0.1, -0.05) is 42.5 Å². The van der Waals surface area contributed by atoms with E-state index >= 15 is 0 Å². The van der Waals surface area contributed by atoms with Crippen molar-refractivity contribution in [1.29, 1.82) is 0 Å². The molecule has 144 valence electrons. The van der Waals surface area contributed by atoms with E-state index in [0.29, 0.717) is 19.1 Å². The summed E-state index contributed by atoms with van der Waals surface area (Å²) < 4.78 is 21.7. The van der Waals surface area contributed by atoms with Gasteiger partial charge in [0.2, 0.25) is 5.90 Å². The van der Waals surface area contributed by atoms with Crippen LogP contribution in [0.25, 0.3) is 11.1 Å². The lowest BCUT2D eigenvalue weighted by atomic mass is 9.98. The number of hydrogen-bond acceptors (Lipinski definition) is 5. The fourth-order valence-electron chi connectivity index (χ4n) is 2.80. The maximum absolute atomic E-state index is 5.84. The van der Waals surface area contributed by atoms with Gasteiger partial charge in [-0.2, -0.15) is 0 Å². The molecule has 2 aromatic carbocycles. The van der Waals surface area contributed by atoms with Crippen LogP contribution in [0.4, 0.5) is 0 Å². The smallest absolute Gasteiger partial charge is 0.217 e. The summed E-state index contributed by atoms with van der Waals surface area (Å²) in [4.78, 5) is 4.72. The molecule has 27 heavy (non-hydrogen) atoms. The van der Waals surface area contributed by atoms with Crippen LogP contribution in [0.2, 0.25) is 0 Å². The molecule has 0 fully saturated rings. The van der Waals surface area contributed by atoms with Crippen molar-refractivity contribution in [3.05, 3.63) is 59.7 Å². The van der Waals surface area contributed by atoms with Gasteiger partial charge in [-0.3, -0.25) is 0 Å². The molecule has 1 heterocycles. The molecule has 0 saturated heterocycles. The average molecular weight is 369 g/mol. The second-order valence-electron chi connectivity index (χ2n) is 7.20. The van der Waals surface area contributed by atoms with Gasteiger partial charge in [0.15, 0.2) is 6.29 Å². The molecule has 0 aliphatic carbocycles. The van der Waals surface area contributed by atoms with E-state index in [-0.39, 0.29) is 18.6 Å². The Kier molecular flexibility index (Phi) is 6.26. The van der Waals surface area contributed by atoms with Gasteiger partial charge in [-0.05, 0) is 43.5 Å². The summed E-state index contributed by atoms with van der Waals surface area (Å²) in [6.07, 6.45) is -0.269. The zero-order chi connectivity index (χ0) is 19.3. The standard InChI is InChI=1S/C22H27NO4/c1-16(24-4)27-15-25-13-17-9-11-18(12-10-17)19-7-5-6-8-20(19)21-23-22(2,3)14-26-21/h5-12,16H,13-15H2,1-4H3. The van der Waals surface area contributed by atoms with Crippen LogP contribution in [0, 0.1) is 0 Å². The van der Waals surface area contributed by atoms with Gasteiger partial charge < -0.3 is 18.9 Å². The highest BCUT2D eigenvalue weighted by Gasteiger charge is 2.28. The molecular weight excluding hydrogens is 342 g/mol. The Balaban J connectivity index is 1.69. The fraction of sp³-hybridized carbons (Fsp3) is 0.409.